The zero-order chi connectivity index (χ0) is 23.1. The van der Waals surface area contributed by atoms with E-state index in [0.717, 1.165) is 25.9 Å². The molecule has 0 fully saturated rings. The van der Waals surface area contributed by atoms with Crippen molar-refractivity contribution >= 4 is 44.0 Å². The van der Waals surface area contributed by atoms with Gasteiger partial charge in [-0.15, -0.1) is 0 Å². The van der Waals surface area contributed by atoms with Crippen LogP contribution in [0.15, 0.2) is 35.1 Å². The van der Waals surface area contributed by atoms with E-state index >= 15 is 0 Å². The fourth-order valence-electron chi connectivity index (χ4n) is 3.11. The molecule has 1 aromatic heterocycles. The highest BCUT2D eigenvalue weighted by Gasteiger charge is 2.15. The van der Waals surface area contributed by atoms with Crippen LogP contribution in [0.3, 0.4) is 0 Å². The van der Waals surface area contributed by atoms with E-state index in [0.29, 0.717) is 41.3 Å². The van der Waals surface area contributed by atoms with Crippen LogP contribution >= 0.6 is 15.9 Å². The minimum absolute atomic E-state index is 0.0405. The highest BCUT2D eigenvalue weighted by atomic mass is 79.9. The molecule has 4 N–H and O–H groups in total. The molecule has 3 rings (SSSR count). The number of ether oxygens (including phenoxy) is 1. The van der Waals surface area contributed by atoms with E-state index in [-0.39, 0.29) is 10.2 Å². The molecule has 1 heterocycles. The second-order valence-electron chi connectivity index (χ2n) is 7.59. The number of unbranched alkanes of at least 4 members (excludes halogenated alkanes) is 1. The van der Waals surface area contributed by atoms with Crippen molar-refractivity contribution in [3.63, 3.8) is 0 Å². The van der Waals surface area contributed by atoms with Gasteiger partial charge < -0.3 is 26.0 Å². The molecule has 0 aliphatic carbocycles. The summed E-state index contributed by atoms with van der Waals surface area (Å²) in [5, 5.41) is 6.73. The Labute approximate surface area is 194 Å². The van der Waals surface area contributed by atoms with Crippen LogP contribution in [-0.4, -0.2) is 55.2 Å². The molecule has 10 heteroatoms. The number of halogens is 3. The zero-order valence-corrected chi connectivity index (χ0v) is 19.7. The molecule has 3 aromatic rings. The zero-order valence-electron chi connectivity index (χ0n) is 18.1. The topological polar surface area (TPSA) is 88.3 Å². The Morgan fingerprint density at radius 2 is 1.91 bits per heavy atom. The summed E-state index contributed by atoms with van der Waals surface area (Å²) in [7, 11) is 4.14. The second kappa shape index (κ2) is 11.3. The average Bonchev–Trinajstić information content (AvgIpc) is 2.76. The van der Waals surface area contributed by atoms with Crippen molar-refractivity contribution in [1.29, 1.82) is 0 Å². The molecular formula is C22H27BrF2N6O. The van der Waals surface area contributed by atoms with Crippen molar-refractivity contribution in [3.8, 4) is 5.75 Å². The number of hydrogen-bond donors (Lipinski definition) is 3. The second-order valence-corrected chi connectivity index (χ2v) is 8.44. The molecule has 0 unspecified atom stereocenters. The first kappa shape index (κ1) is 24.1. The monoisotopic (exact) mass is 508 g/mol. The number of nitrogen functional groups attached to an aromatic ring is 1. The van der Waals surface area contributed by atoms with Crippen LogP contribution in [0.5, 0.6) is 5.75 Å². The lowest BCUT2D eigenvalue weighted by atomic mass is 10.2. The van der Waals surface area contributed by atoms with Gasteiger partial charge in [-0.1, -0.05) is 0 Å². The van der Waals surface area contributed by atoms with Crippen molar-refractivity contribution in [2.45, 2.75) is 12.8 Å². The summed E-state index contributed by atoms with van der Waals surface area (Å²) in [5.41, 5.74) is 7.09. The summed E-state index contributed by atoms with van der Waals surface area (Å²) < 4.78 is 33.9. The van der Waals surface area contributed by atoms with E-state index in [1.165, 1.54) is 18.5 Å². The summed E-state index contributed by atoms with van der Waals surface area (Å²) in [4.78, 5) is 10.6. The SMILES string of the molecule is CN(C)CCCCNCCOc1cc2ncnc(Nc3ccc(Br)c(F)c3F)c2cc1N. The normalized spacial score (nSPS) is 11.3. The Bertz CT molecular complexity index is 1070. The van der Waals surface area contributed by atoms with Crippen molar-refractivity contribution in [2.24, 2.45) is 0 Å². The number of hydrogen-bond acceptors (Lipinski definition) is 7. The Balaban J connectivity index is 1.63. The van der Waals surface area contributed by atoms with Crippen LogP contribution in [0.1, 0.15) is 12.8 Å². The lowest BCUT2D eigenvalue weighted by molar-refractivity contribution is 0.314. The van der Waals surface area contributed by atoms with Crippen molar-refractivity contribution in [2.75, 3.05) is 51.4 Å². The lowest BCUT2D eigenvalue weighted by Gasteiger charge is -2.13. The van der Waals surface area contributed by atoms with Gasteiger partial charge in [0.2, 0.25) is 0 Å². The van der Waals surface area contributed by atoms with Crippen LogP contribution < -0.4 is 21.1 Å². The number of anilines is 3. The molecule has 32 heavy (non-hydrogen) atoms. The third-order valence-electron chi connectivity index (χ3n) is 4.80. The number of nitrogens with zero attached hydrogens (tertiary/aromatic N) is 3. The molecule has 7 nitrogen and oxygen atoms in total. The molecule has 0 spiro atoms. The number of rotatable bonds is 11. The molecule has 0 saturated carbocycles. The first-order valence-corrected chi connectivity index (χ1v) is 11.1. The lowest BCUT2D eigenvalue weighted by Crippen LogP contribution is -2.23. The molecule has 0 aliphatic heterocycles. The van der Waals surface area contributed by atoms with Gasteiger partial charge in [-0.3, -0.25) is 0 Å². The van der Waals surface area contributed by atoms with Crippen molar-refractivity contribution in [3.05, 3.63) is 46.7 Å². The molecule has 0 saturated heterocycles. The molecule has 0 atom stereocenters. The van der Waals surface area contributed by atoms with Gasteiger partial charge in [-0.2, -0.15) is 0 Å². The van der Waals surface area contributed by atoms with E-state index in [9.17, 15) is 8.78 Å². The molecule has 0 amide bonds. The van der Waals surface area contributed by atoms with Gasteiger partial charge in [0, 0.05) is 18.0 Å². The number of fused-ring (bicyclic) bond motifs is 1. The minimum Gasteiger partial charge on any atom is -0.490 e. The van der Waals surface area contributed by atoms with E-state index in [1.54, 1.807) is 12.1 Å². The van der Waals surface area contributed by atoms with Gasteiger partial charge in [0.05, 0.1) is 21.4 Å². The van der Waals surface area contributed by atoms with Gasteiger partial charge in [0.15, 0.2) is 11.6 Å². The third kappa shape index (κ3) is 6.24. The molecule has 172 valence electrons. The first-order valence-electron chi connectivity index (χ1n) is 10.3. The van der Waals surface area contributed by atoms with E-state index in [2.05, 4.69) is 55.5 Å². The van der Waals surface area contributed by atoms with Crippen LogP contribution in [-0.2, 0) is 0 Å². The van der Waals surface area contributed by atoms with Gasteiger partial charge in [-0.05, 0) is 74.2 Å². The Kier molecular flexibility index (Phi) is 8.54. The average molecular weight is 509 g/mol. The predicted molar refractivity (Wildman–Crippen MR) is 127 cm³/mol. The molecule has 2 aromatic carbocycles. The molecule has 0 aliphatic rings. The maximum atomic E-state index is 14.2. The number of benzene rings is 2. The minimum atomic E-state index is -1.01. The number of aromatic nitrogens is 2. The maximum Gasteiger partial charge on any atom is 0.183 e. The van der Waals surface area contributed by atoms with Gasteiger partial charge in [0.25, 0.3) is 0 Å². The third-order valence-corrected chi connectivity index (χ3v) is 5.41. The quantitative estimate of drug-likeness (QED) is 0.202. The van der Waals surface area contributed by atoms with Crippen molar-refractivity contribution < 1.29 is 13.5 Å². The van der Waals surface area contributed by atoms with Crippen LogP contribution in [0.4, 0.5) is 26.0 Å². The number of nitrogens with one attached hydrogen (secondary N) is 2. The molecule has 0 radical (unpaired) electrons. The highest BCUT2D eigenvalue weighted by molar-refractivity contribution is 9.10. The molecular weight excluding hydrogens is 482 g/mol. The summed E-state index contributed by atoms with van der Waals surface area (Å²) in [6, 6.07) is 6.22. The van der Waals surface area contributed by atoms with E-state index in [4.69, 9.17) is 10.5 Å². The van der Waals surface area contributed by atoms with E-state index < -0.39 is 11.6 Å². The Morgan fingerprint density at radius 3 is 2.69 bits per heavy atom. The standard InChI is InChI=1S/C22H27BrF2N6O/c1-31(2)9-4-3-7-27-8-10-32-19-12-18-14(11-16(19)26)22(29-13-28-18)30-17-6-5-15(23)20(24)21(17)25/h5-6,11-13,27H,3-4,7-10,26H2,1-2H3,(H,28,29,30). The van der Waals surface area contributed by atoms with Gasteiger partial charge in [-0.25, -0.2) is 18.7 Å². The van der Waals surface area contributed by atoms with Crippen molar-refractivity contribution in [1.82, 2.24) is 20.2 Å². The fraction of sp³-hybridized carbons (Fsp3) is 0.364. The Morgan fingerprint density at radius 1 is 1.09 bits per heavy atom. The maximum absolute atomic E-state index is 14.2. The fourth-order valence-corrected chi connectivity index (χ4v) is 3.42. The van der Waals surface area contributed by atoms with E-state index in [1.807, 2.05) is 0 Å². The largest absolute Gasteiger partial charge is 0.490 e. The summed E-state index contributed by atoms with van der Waals surface area (Å²) in [6.07, 6.45) is 3.59. The summed E-state index contributed by atoms with van der Waals surface area (Å²) in [5.74, 6) is -1.16. The predicted octanol–water partition coefficient (Wildman–Crippen LogP) is 4.31. The highest BCUT2D eigenvalue weighted by Crippen LogP contribution is 2.32. The van der Waals surface area contributed by atoms with Crippen LogP contribution in [0, 0.1) is 11.6 Å². The van der Waals surface area contributed by atoms with Crippen LogP contribution in [0.25, 0.3) is 10.9 Å². The van der Waals surface area contributed by atoms with Gasteiger partial charge >= 0.3 is 0 Å². The summed E-state index contributed by atoms with van der Waals surface area (Å²) >= 11 is 2.96. The summed E-state index contributed by atoms with van der Waals surface area (Å²) in [6.45, 7) is 3.17. The first-order chi connectivity index (χ1) is 15.4. The van der Waals surface area contributed by atoms with Crippen LogP contribution in [0.2, 0.25) is 0 Å². The number of nitrogens with two attached hydrogens (primary N) is 1. The Hall–Kier alpha value is -2.56. The smallest absolute Gasteiger partial charge is 0.183 e. The molecule has 0 bridgehead atoms. The van der Waals surface area contributed by atoms with Gasteiger partial charge in [0.1, 0.15) is 24.5 Å².